The van der Waals surface area contributed by atoms with Crippen LogP contribution in [0.3, 0.4) is 0 Å². The average molecular weight is 640 g/mol. The molecule has 236 valence electrons. The maximum atomic E-state index is 13.4. The van der Waals surface area contributed by atoms with E-state index in [4.69, 9.17) is 9.47 Å². The third-order valence-electron chi connectivity index (χ3n) is 6.78. The van der Waals surface area contributed by atoms with Crippen molar-refractivity contribution in [2.45, 2.75) is 24.0 Å². The van der Waals surface area contributed by atoms with Gasteiger partial charge in [0, 0.05) is 21.8 Å². The van der Waals surface area contributed by atoms with Gasteiger partial charge in [-0.1, -0.05) is 30.3 Å². The van der Waals surface area contributed by atoms with E-state index in [1.807, 2.05) is 0 Å². The Bertz CT molecular complexity index is 1770. The third kappa shape index (κ3) is 8.76. The monoisotopic (exact) mass is 639 g/mol. The molecule has 0 aliphatic heterocycles. The van der Waals surface area contributed by atoms with Gasteiger partial charge in [-0.25, -0.2) is 4.79 Å². The van der Waals surface area contributed by atoms with Crippen LogP contribution in [-0.2, 0) is 9.59 Å². The molecule has 11 heteroatoms. The number of carboxylic acid groups (broad SMARTS) is 1. The molecule has 4 aromatic carbocycles. The number of methoxy groups -OCH3 is 2. The first-order valence-electron chi connectivity index (χ1n) is 14.1. The lowest BCUT2D eigenvalue weighted by molar-refractivity contribution is -0.115. The Morgan fingerprint density at radius 2 is 1.50 bits per heavy atom. The van der Waals surface area contributed by atoms with Crippen LogP contribution in [0.1, 0.15) is 38.8 Å². The molecule has 0 radical (unpaired) electrons. The van der Waals surface area contributed by atoms with Crippen LogP contribution in [0.5, 0.6) is 11.5 Å². The van der Waals surface area contributed by atoms with Crippen molar-refractivity contribution in [3.8, 4) is 11.5 Å². The van der Waals surface area contributed by atoms with Gasteiger partial charge in [-0.3, -0.25) is 14.4 Å². The molecule has 0 heterocycles. The molecule has 0 fully saturated rings. The summed E-state index contributed by atoms with van der Waals surface area (Å²) in [5.74, 6) is -1.38. The van der Waals surface area contributed by atoms with Crippen LogP contribution < -0.4 is 25.4 Å². The van der Waals surface area contributed by atoms with Crippen molar-refractivity contribution in [1.29, 1.82) is 0 Å². The lowest BCUT2D eigenvalue weighted by Gasteiger charge is -2.15. The van der Waals surface area contributed by atoms with Crippen LogP contribution in [0.15, 0.2) is 102 Å². The molecule has 4 aromatic rings. The second kappa shape index (κ2) is 15.4. The second-order valence-corrected chi connectivity index (χ2v) is 11.5. The van der Waals surface area contributed by atoms with Gasteiger partial charge in [-0.15, -0.1) is 11.8 Å². The van der Waals surface area contributed by atoms with Crippen molar-refractivity contribution in [2.24, 2.45) is 0 Å². The Morgan fingerprint density at radius 1 is 0.804 bits per heavy atom. The SMILES string of the molecule is COc1ccc(/C=C(\NC(=O)c2ccccc2)C(=O)Nc2ccc(SC(C)C(=O)Nc3cc(C(=O)O)ccc3C)cc2)cc1OC. The number of aryl methyl sites for hydroxylation is 1. The number of thioether (sulfide) groups is 1. The zero-order chi connectivity index (χ0) is 33.2. The van der Waals surface area contributed by atoms with Crippen molar-refractivity contribution < 1.29 is 33.8 Å². The molecular formula is C35H33N3O7S. The highest BCUT2D eigenvalue weighted by Gasteiger charge is 2.18. The summed E-state index contributed by atoms with van der Waals surface area (Å²) in [7, 11) is 3.03. The molecule has 1 unspecified atom stereocenters. The Hall–Kier alpha value is -5.55. The Labute approximate surface area is 270 Å². The predicted molar refractivity (Wildman–Crippen MR) is 179 cm³/mol. The van der Waals surface area contributed by atoms with Crippen molar-refractivity contribution in [1.82, 2.24) is 5.32 Å². The van der Waals surface area contributed by atoms with E-state index in [1.165, 1.54) is 44.2 Å². The van der Waals surface area contributed by atoms with Crippen molar-refractivity contribution in [2.75, 3.05) is 24.9 Å². The molecule has 4 rings (SSSR count). The smallest absolute Gasteiger partial charge is 0.335 e. The van der Waals surface area contributed by atoms with Crippen LogP contribution >= 0.6 is 11.8 Å². The van der Waals surface area contributed by atoms with Crippen LogP contribution in [0.4, 0.5) is 11.4 Å². The Balaban J connectivity index is 1.47. The number of carbonyl (C=O) groups is 4. The first kappa shape index (κ1) is 33.3. The summed E-state index contributed by atoms with van der Waals surface area (Å²) in [6.45, 7) is 3.53. The average Bonchev–Trinajstić information content (AvgIpc) is 3.06. The Kier molecular flexibility index (Phi) is 11.2. The van der Waals surface area contributed by atoms with Gasteiger partial charge in [0.2, 0.25) is 5.91 Å². The second-order valence-electron chi connectivity index (χ2n) is 10.1. The first-order chi connectivity index (χ1) is 22.1. The summed E-state index contributed by atoms with van der Waals surface area (Å²) < 4.78 is 10.7. The number of carboxylic acids is 1. The first-order valence-corrected chi connectivity index (χ1v) is 15.0. The van der Waals surface area contributed by atoms with Gasteiger partial charge in [0.05, 0.1) is 25.0 Å². The van der Waals surface area contributed by atoms with Crippen LogP contribution in [-0.4, -0.2) is 48.3 Å². The summed E-state index contributed by atoms with van der Waals surface area (Å²) >= 11 is 1.30. The molecule has 46 heavy (non-hydrogen) atoms. The quantitative estimate of drug-likeness (QED) is 0.105. The van der Waals surface area contributed by atoms with Crippen molar-refractivity contribution >= 4 is 52.9 Å². The molecule has 0 bridgehead atoms. The van der Waals surface area contributed by atoms with E-state index >= 15 is 0 Å². The maximum absolute atomic E-state index is 13.4. The van der Waals surface area contributed by atoms with Gasteiger partial charge in [-0.2, -0.15) is 0 Å². The lowest BCUT2D eigenvalue weighted by atomic mass is 10.1. The number of hydrogen-bond acceptors (Lipinski definition) is 7. The summed E-state index contributed by atoms with van der Waals surface area (Å²) in [6, 6.07) is 25.1. The number of carbonyl (C=O) groups excluding carboxylic acids is 3. The van der Waals surface area contributed by atoms with E-state index in [1.54, 1.807) is 92.7 Å². The molecule has 1 atom stereocenters. The highest BCUT2D eigenvalue weighted by Crippen LogP contribution is 2.29. The zero-order valence-corrected chi connectivity index (χ0v) is 26.4. The normalized spacial score (nSPS) is 11.6. The summed E-state index contributed by atoms with van der Waals surface area (Å²) in [4.78, 5) is 51.4. The van der Waals surface area contributed by atoms with Crippen molar-refractivity contribution in [3.05, 3.63) is 119 Å². The number of rotatable bonds is 12. The van der Waals surface area contributed by atoms with Gasteiger partial charge in [0.1, 0.15) is 5.70 Å². The van der Waals surface area contributed by atoms with E-state index in [0.717, 1.165) is 10.5 Å². The van der Waals surface area contributed by atoms with Crippen LogP contribution in [0, 0.1) is 6.92 Å². The number of aromatic carboxylic acids is 1. The fourth-order valence-corrected chi connectivity index (χ4v) is 5.12. The third-order valence-corrected chi connectivity index (χ3v) is 7.90. The number of amides is 3. The minimum Gasteiger partial charge on any atom is -0.493 e. The minimum absolute atomic E-state index is 0.00655. The van der Waals surface area contributed by atoms with Gasteiger partial charge >= 0.3 is 5.97 Å². The van der Waals surface area contributed by atoms with Crippen molar-refractivity contribution in [3.63, 3.8) is 0 Å². The summed E-state index contributed by atoms with van der Waals surface area (Å²) in [6.07, 6.45) is 1.54. The number of anilines is 2. The maximum Gasteiger partial charge on any atom is 0.335 e. The molecule has 0 saturated carbocycles. The van der Waals surface area contributed by atoms with E-state index in [2.05, 4.69) is 16.0 Å². The van der Waals surface area contributed by atoms with Gasteiger partial charge < -0.3 is 30.5 Å². The molecule has 0 aliphatic rings. The van der Waals surface area contributed by atoms with E-state index in [-0.39, 0.29) is 17.2 Å². The molecule has 0 saturated heterocycles. The largest absolute Gasteiger partial charge is 0.493 e. The van der Waals surface area contributed by atoms with Gasteiger partial charge in [0.15, 0.2) is 11.5 Å². The predicted octanol–water partition coefficient (Wildman–Crippen LogP) is 6.24. The van der Waals surface area contributed by atoms with E-state index in [9.17, 15) is 24.3 Å². The molecule has 10 nitrogen and oxygen atoms in total. The zero-order valence-electron chi connectivity index (χ0n) is 25.6. The van der Waals surface area contributed by atoms with Gasteiger partial charge in [-0.05, 0) is 91.7 Å². The molecular weight excluding hydrogens is 606 g/mol. The molecule has 0 aromatic heterocycles. The van der Waals surface area contributed by atoms with Crippen LogP contribution in [0.2, 0.25) is 0 Å². The summed E-state index contributed by atoms with van der Waals surface area (Å²) in [5, 5.41) is 17.1. The molecule has 3 amide bonds. The highest BCUT2D eigenvalue weighted by atomic mass is 32.2. The number of ether oxygens (including phenoxy) is 2. The lowest BCUT2D eigenvalue weighted by Crippen LogP contribution is -2.30. The minimum atomic E-state index is -1.08. The van der Waals surface area contributed by atoms with E-state index in [0.29, 0.717) is 34.0 Å². The van der Waals surface area contributed by atoms with Gasteiger partial charge in [0.25, 0.3) is 11.8 Å². The fourth-order valence-electron chi connectivity index (χ4n) is 4.25. The molecule has 0 spiro atoms. The van der Waals surface area contributed by atoms with Crippen LogP contribution in [0.25, 0.3) is 6.08 Å². The number of nitrogens with one attached hydrogen (secondary N) is 3. The van der Waals surface area contributed by atoms with E-state index < -0.39 is 23.0 Å². The topological polar surface area (TPSA) is 143 Å². The standard InChI is InChI=1S/C35H33N3O7S/c1-21-10-12-25(35(42)43)20-28(21)37-32(39)22(2)46-27-15-13-26(14-16-27)36-34(41)29(38-33(40)24-8-6-5-7-9-24)18-23-11-17-30(44-3)31(19-23)45-4/h5-20,22H,1-4H3,(H,36,41)(H,37,39)(H,38,40)(H,42,43)/b29-18-. The highest BCUT2D eigenvalue weighted by molar-refractivity contribution is 8.00. The molecule has 4 N–H and O–H groups in total. The number of hydrogen-bond donors (Lipinski definition) is 4. The summed E-state index contributed by atoms with van der Waals surface area (Å²) in [5.41, 5.74) is 2.73. The fraction of sp³-hybridized carbons (Fsp3) is 0.143. The Morgan fingerprint density at radius 3 is 2.15 bits per heavy atom. The molecule has 0 aliphatic carbocycles. The number of benzene rings is 4.